The second-order valence-electron chi connectivity index (χ2n) is 11.5. The Hall–Kier alpha value is -3.33. The Balaban J connectivity index is 1.94. The second kappa shape index (κ2) is 11.3. The van der Waals surface area contributed by atoms with Crippen molar-refractivity contribution < 1.29 is 21.5 Å². The van der Waals surface area contributed by atoms with E-state index < -0.39 is 20.4 Å². The van der Waals surface area contributed by atoms with Crippen molar-refractivity contribution >= 4 is 20.4 Å². The van der Waals surface area contributed by atoms with Crippen molar-refractivity contribution in [2.45, 2.75) is 79.3 Å². The first-order chi connectivity index (χ1) is 18.7. The predicted molar refractivity (Wildman–Crippen MR) is 160 cm³/mol. The van der Waals surface area contributed by atoms with E-state index >= 15 is 0 Å². The van der Waals surface area contributed by atoms with Gasteiger partial charge in [-0.25, -0.2) is 3.63 Å². The van der Waals surface area contributed by atoms with Crippen LogP contribution >= 0.6 is 10.3 Å². The molecule has 212 valence electrons. The van der Waals surface area contributed by atoms with E-state index in [1.807, 2.05) is 103 Å². The molecule has 40 heavy (non-hydrogen) atoms. The van der Waals surface area contributed by atoms with Crippen LogP contribution in [0, 0.1) is 6.92 Å². The van der Waals surface area contributed by atoms with Gasteiger partial charge >= 0.3 is 10.1 Å². The van der Waals surface area contributed by atoms with Crippen molar-refractivity contribution in [3.63, 3.8) is 0 Å². The lowest BCUT2D eigenvalue weighted by Gasteiger charge is -2.39. The molecule has 0 aliphatic heterocycles. The summed E-state index contributed by atoms with van der Waals surface area (Å²) in [6, 6.07) is 25.1. The molecule has 0 saturated heterocycles. The average molecular weight is 580 g/mol. The molecule has 0 N–H and O–H groups in total. The van der Waals surface area contributed by atoms with Crippen molar-refractivity contribution in [1.82, 2.24) is 4.98 Å². The largest absolute Gasteiger partial charge is 0.488 e. The van der Waals surface area contributed by atoms with Crippen LogP contribution in [0.15, 0.2) is 117 Å². The number of rotatable bonds is 8. The fraction of sp³-hybridized carbons (Fsp3) is 0.281. The molecule has 0 unspecified atom stereocenters. The van der Waals surface area contributed by atoms with E-state index in [0.29, 0.717) is 26.2 Å². The molecule has 1 heterocycles. The van der Waals surface area contributed by atoms with Crippen LogP contribution in [0.1, 0.15) is 47.1 Å². The molecule has 3 aromatic carbocycles. The highest BCUT2D eigenvalue weighted by atomic mass is 32.3. The maximum absolute atomic E-state index is 13.9. The topological polar surface area (TPSA) is 74.7 Å². The Bertz CT molecular complexity index is 1460. The summed E-state index contributed by atoms with van der Waals surface area (Å²) in [5.74, 6) is 1.34. The number of nitrogens with zero attached hydrogens (tertiary/aromatic N) is 1. The Morgan fingerprint density at radius 1 is 0.600 bits per heavy atom. The molecule has 8 heteroatoms. The van der Waals surface area contributed by atoms with Crippen molar-refractivity contribution in [2.75, 3.05) is 0 Å². The molecule has 6 nitrogen and oxygen atoms in total. The van der Waals surface area contributed by atoms with Gasteiger partial charge in [-0.3, -0.25) is 4.98 Å². The fourth-order valence-electron chi connectivity index (χ4n) is 4.03. The molecule has 0 saturated carbocycles. The first-order valence-corrected chi connectivity index (χ1v) is 16.0. The molecule has 1 aromatic heterocycles. The van der Waals surface area contributed by atoms with Gasteiger partial charge in [0, 0.05) is 27.1 Å². The third-order valence-corrected chi connectivity index (χ3v) is 10.8. The molecule has 0 amide bonds. The van der Waals surface area contributed by atoms with Gasteiger partial charge in [0.05, 0.1) is 4.90 Å². The predicted octanol–water partition coefficient (Wildman–Crippen LogP) is 8.35. The van der Waals surface area contributed by atoms with E-state index in [1.54, 1.807) is 42.7 Å². The van der Waals surface area contributed by atoms with Gasteiger partial charge in [0.15, 0.2) is 0 Å². The number of benzene rings is 3. The summed E-state index contributed by atoms with van der Waals surface area (Å²) in [6.45, 7) is 13.8. The van der Waals surface area contributed by atoms with Crippen LogP contribution in [0.25, 0.3) is 0 Å². The first kappa shape index (κ1) is 29.6. The van der Waals surface area contributed by atoms with Crippen molar-refractivity contribution in [2.24, 2.45) is 0 Å². The van der Waals surface area contributed by atoms with Crippen LogP contribution in [-0.4, -0.2) is 24.6 Å². The molecule has 0 bridgehead atoms. The quantitative estimate of drug-likeness (QED) is 0.209. The number of aryl methyl sites for hydroxylation is 1. The zero-order valence-electron chi connectivity index (χ0n) is 24.0. The standard InChI is InChI=1S/C32H37NO5S2/c1-24-10-16-29(17-11-24)40(34,35)38-39(30-9-8-22-33-23-30,27-18-12-25(13-19-27)36-31(2,3)4)28-20-14-26(15-21-28)37-32(5,6)7/h8-23H,1-7H3. The Kier molecular flexibility index (Phi) is 8.36. The highest BCUT2D eigenvalue weighted by molar-refractivity contribution is 8.33. The Labute approximate surface area is 240 Å². The third kappa shape index (κ3) is 7.05. The fourth-order valence-corrected chi connectivity index (χ4v) is 9.16. The monoisotopic (exact) mass is 579 g/mol. The molecule has 0 aliphatic carbocycles. The Morgan fingerprint density at radius 2 is 1.05 bits per heavy atom. The van der Waals surface area contributed by atoms with E-state index in [1.165, 1.54) is 0 Å². The summed E-state index contributed by atoms with van der Waals surface area (Å²) in [5.41, 5.74) is 0.181. The molecule has 0 aliphatic rings. The normalized spacial score (nSPS) is 13.1. The molecule has 0 fully saturated rings. The summed E-state index contributed by atoms with van der Waals surface area (Å²) in [6.07, 6.45) is 3.32. The summed E-state index contributed by atoms with van der Waals surface area (Å²) < 4.78 is 46.4. The zero-order chi connectivity index (χ0) is 29.2. The van der Waals surface area contributed by atoms with Gasteiger partial charge in [0.1, 0.15) is 22.7 Å². The number of aromatic nitrogens is 1. The van der Waals surface area contributed by atoms with Crippen LogP contribution in [0.2, 0.25) is 0 Å². The zero-order valence-corrected chi connectivity index (χ0v) is 25.7. The lowest BCUT2D eigenvalue weighted by molar-refractivity contribution is 0.130. The summed E-state index contributed by atoms with van der Waals surface area (Å²) in [7, 11) is -7.04. The van der Waals surface area contributed by atoms with Gasteiger partial charge in [0.25, 0.3) is 0 Å². The molecular weight excluding hydrogens is 542 g/mol. The molecule has 0 radical (unpaired) electrons. The summed E-state index contributed by atoms with van der Waals surface area (Å²) in [4.78, 5) is 6.43. The minimum absolute atomic E-state index is 0.0826. The van der Waals surface area contributed by atoms with Crippen molar-refractivity contribution in [1.29, 1.82) is 0 Å². The van der Waals surface area contributed by atoms with E-state index in [-0.39, 0.29) is 16.1 Å². The van der Waals surface area contributed by atoms with Crippen LogP contribution in [0.4, 0.5) is 0 Å². The van der Waals surface area contributed by atoms with Crippen LogP contribution in [0.5, 0.6) is 11.5 Å². The number of hydrogen-bond donors (Lipinski definition) is 0. The molecule has 4 aromatic rings. The van der Waals surface area contributed by atoms with Crippen LogP contribution < -0.4 is 9.47 Å². The second-order valence-corrected chi connectivity index (χ2v) is 15.9. The van der Waals surface area contributed by atoms with Crippen LogP contribution in [0.3, 0.4) is 0 Å². The SMILES string of the molecule is Cc1ccc(S(=O)(=O)OS(c2ccc(OC(C)(C)C)cc2)(c2ccc(OC(C)(C)C)cc2)c2cccnc2)cc1. The number of hydrogen-bond acceptors (Lipinski definition) is 6. The number of ether oxygens (including phenoxy) is 2. The molecule has 0 spiro atoms. The van der Waals surface area contributed by atoms with Gasteiger partial charge in [-0.05, 0) is 132 Å². The third-order valence-electron chi connectivity index (χ3n) is 5.63. The van der Waals surface area contributed by atoms with Crippen LogP contribution in [-0.2, 0) is 13.7 Å². The maximum Gasteiger partial charge on any atom is 0.307 e. The minimum atomic E-state index is -4.21. The van der Waals surface area contributed by atoms with Gasteiger partial charge in [-0.1, -0.05) is 17.7 Å². The van der Waals surface area contributed by atoms with E-state index in [4.69, 9.17) is 13.1 Å². The smallest absolute Gasteiger partial charge is 0.307 e. The van der Waals surface area contributed by atoms with Gasteiger partial charge in [-0.15, -0.1) is 0 Å². The lowest BCUT2D eigenvalue weighted by Crippen LogP contribution is -2.23. The maximum atomic E-state index is 13.9. The minimum Gasteiger partial charge on any atom is -0.488 e. The molecule has 4 rings (SSSR count). The average Bonchev–Trinajstić information content (AvgIpc) is 2.87. The van der Waals surface area contributed by atoms with E-state index in [2.05, 4.69) is 4.98 Å². The van der Waals surface area contributed by atoms with Crippen molar-refractivity contribution in [3.8, 4) is 11.5 Å². The molecule has 0 atom stereocenters. The molecular formula is C32H37NO5S2. The van der Waals surface area contributed by atoms with Gasteiger partial charge in [0.2, 0.25) is 0 Å². The highest BCUT2D eigenvalue weighted by Gasteiger charge is 2.39. The summed E-state index contributed by atoms with van der Waals surface area (Å²) >= 11 is 0. The first-order valence-electron chi connectivity index (χ1n) is 13.0. The van der Waals surface area contributed by atoms with E-state index in [9.17, 15) is 8.42 Å². The Morgan fingerprint density at radius 3 is 1.45 bits per heavy atom. The summed E-state index contributed by atoms with van der Waals surface area (Å²) in [5, 5.41) is 0. The highest BCUT2D eigenvalue weighted by Crippen LogP contribution is 2.70. The van der Waals surface area contributed by atoms with Gasteiger partial charge < -0.3 is 9.47 Å². The van der Waals surface area contributed by atoms with Gasteiger partial charge in [-0.2, -0.15) is 8.42 Å². The van der Waals surface area contributed by atoms with Crippen molar-refractivity contribution in [3.05, 3.63) is 103 Å². The van der Waals surface area contributed by atoms with E-state index in [0.717, 1.165) is 5.56 Å². The lowest BCUT2D eigenvalue weighted by atomic mass is 10.2. The number of pyridine rings is 1.